The van der Waals surface area contributed by atoms with Gasteiger partial charge < -0.3 is 15.3 Å². The van der Waals surface area contributed by atoms with E-state index < -0.39 is 5.60 Å². The highest BCUT2D eigenvalue weighted by Gasteiger charge is 2.45. The van der Waals surface area contributed by atoms with Crippen LogP contribution in [0.25, 0.3) is 0 Å². The third-order valence-corrected chi connectivity index (χ3v) is 4.68. The number of nitrogens with zero attached hydrogens (tertiary/aromatic N) is 3. The molecule has 2 heterocycles. The molecule has 0 spiro atoms. The topological polar surface area (TPSA) is 87.5 Å². The zero-order chi connectivity index (χ0) is 17.5. The molecule has 2 N–H and O–H groups in total. The SMILES string of the molecule is Cn1nccc1[C@H]1[C@H](NC(=O)CC(C)(C)O)CCC(=O)N1C1CC1. The molecule has 24 heavy (non-hydrogen) atoms. The number of carbonyl (C=O) groups excluding carboxylic acids is 2. The molecule has 1 aromatic rings. The number of carbonyl (C=O) groups is 2. The second-order valence-electron chi connectivity index (χ2n) is 7.56. The fourth-order valence-corrected chi connectivity index (χ4v) is 3.52. The van der Waals surface area contributed by atoms with Crippen LogP contribution < -0.4 is 5.32 Å². The van der Waals surface area contributed by atoms with Gasteiger partial charge in [0.25, 0.3) is 0 Å². The van der Waals surface area contributed by atoms with E-state index in [1.54, 1.807) is 24.7 Å². The molecule has 1 saturated heterocycles. The lowest BCUT2D eigenvalue weighted by molar-refractivity contribution is -0.141. The van der Waals surface area contributed by atoms with Crippen LogP contribution >= 0.6 is 0 Å². The highest BCUT2D eigenvalue weighted by Crippen LogP contribution is 2.40. The standard InChI is InChI=1S/C17H26N4O3/c1-17(2,24)10-14(22)19-12-6-7-15(23)21(11-4-5-11)16(12)13-8-9-18-20(13)3/h8-9,11-12,16,24H,4-7,10H2,1-3H3,(H,19,22)/t12-,16-/m1/s1. The maximum absolute atomic E-state index is 12.5. The Morgan fingerprint density at radius 1 is 1.42 bits per heavy atom. The summed E-state index contributed by atoms with van der Waals surface area (Å²) in [6.07, 6.45) is 4.84. The van der Waals surface area contributed by atoms with Crippen molar-refractivity contribution >= 4 is 11.8 Å². The van der Waals surface area contributed by atoms with Crippen molar-refractivity contribution in [1.82, 2.24) is 20.0 Å². The second-order valence-corrected chi connectivity index (χ2v) is 7.56. The smallest absolute Gasteiger partial charge is 0.223 e. The maximum atomic E-state index is 12.5. The molecule has 0 bridgehead atoms. The molecule has 1 aliphatic heterocycles. The number of hydrogen-bond acceptors (Lipinski definition) is 4. The highest BCUT2D eigenvalue weighted by molar-refractivity contribution is 5.80. The number of amides is 2. The molecule has 1 saturated carbocycles. The number of aromatic nitrogens is 2. The van der Waals surface area contributed by atoms with E-state index in [0.29, 0.717) is 12.8 Å². The summed E-state index contributed by atoms with van der Waals surface area (Å²) in [7, 11) is 1.86. The summed E-state index contributed by atoms with van der Waals surface area (Å²) in [4.78, 5) is 26.7. The first kappa shape index (κ1) is 17.0. The van der Waals surface area contributed by atoms with Gasteiger partial charge in [0.2, 0.25) is 11.8 Å². The van der Waals surface area contributed by atoms with Crippen LogP contribution in [0.4, 0.5) is 0 Å². The zero-order valence-corrected chi connectivity index (χ0v) is 14.5. The van der Waals surface area contributed by atoms with Crippen molar-refractivity contribution in [3.05, 3.63) is 18.0 Å². The van der Waals surface area contributed by atoms with E-state index in [9.17, 15) is 14.7 Å². The lowest BCUT2D eigenvalue weighted by atomic mass is 9.92. The summed E-state index contributed by atoms with van der Waals surface area (Å²) < 4.78 is 1.77. The average Bonchev–Trinajstić information content (AvgIpc) is 3.20. The van der Waals surface area contributed by atoms with Crippen molar-refractivity contribution in [2.75, 3.05) is 0 Å². The monoisotopic (exact) mass is 334 g/mol. The number of aryl methyl sites for hydroxylation is 1. The van der Waals surface area contributed by atoms with Gasteiger partial charge in [-0.15, -0.1) is 0 Å². The van der Waals surface area contributed by atoms with Crippen LogP contribution in [0.1, 0.15) is 57.7 Å². The van der Waals surface area contributed by atoms with Crippen LogP contribution in [0.15, 0.2) is 12.3 Å². The van der Waals surface area contributed by atoms with E-state index in [-0.39, 0.29) is 36.4 Å². The van der Waals surface area contributed by atoms with Crippen molar-refractivity contribution in [3.8, 4) is 0 Å². The molecule has 2 fully saturated rings. The van der Waals surface area contributed by atoms with E-state index in [1.165, 1.54) is 0 Å². The number of piperidine rings is 1. The minimum atomic E-state index is -1.05. The molecular weight excluding hydrogens is 308 g/mol. The maximum Gasteiger partial charge on any atom is 0.223 e. The van der Waals surface area contributed by atoms with Crippen molar-refractivity contribution in [3.63, 3.8) is 0 Å². The predicted octanol–water partition coefficient (Wildman–Crippen LogP) is 0.892. The third kappa shape index (κ3) is 3.61. The number of likely N-dealkylation sites (tertiary alicyclic amines) is 1. The van der Waals surface area contributed by atoms with Gasteiger partial charge in [-0.1, -0.05) is 0 Å². The molecule has 2 aliphatic rings. The summed E-state index contributed by atoms with van der Waals surface area (Å²) in [5, 5.41) is 17.1. The Labute approximate surface area is 142 Å². The van der Waals surface area contributed by atoms with Crippen LogP contribution in [-0.2, 0) is 16.6 Å². The van der Waals surface area contributed by atoms with Gasteiger partial charge in [-0.05, 0) is 39.2 Å². The highest BCUT2D eigenvalue weighted by atomic mass is 16.3. The van der Waals surface area contributed by atoms with Crippen molar-refractivity contribution in [1.29, 1.82) is 0 Å². The van der Waals surface area contributed by atoms with Crippen LogP contribution in [0.5, 0.6) is 0 Å². The van der Waals surface area contributed by atoms with Gasteiger partial charge in [0.05, 0.1) is 29.8 Å². The third-order valence-electron chi connectivity index (χ3n) is 4.68. The molecule has 2 amide bonds. The van der Waals surface area contributed by atoms with Crippen molar-refractivity contribution in [2.24, 2.45) is 7.05 Å². The summed E-state index contributed by atoms with van der Waals surface area (Å²) in [6, 6.07) is 1.82. The van der Waals surface area contributed by atoms with E-state index in [2.05, 4.69) is 10.4 Å². The molecule has 0 unspecified atom stereocenters. The van der Waals surface area contributed by atoms with Crippen molar-refractivity contribution in [2.45, 2.75) is 69.7 Å². The molecular formula is C17H26N4O3. The van der Waals surface area contributed by atoms with Crippen LogP contribution in [0.3, 0.4) is 0 Å². The number of hydrogen-bond donors (Lipinski definition) is 2. The van der Waals surface area contributed by atoms with Gasteiger partial charge in [0.15, 0.2) is 0 Å². The Balaban J connectivity index is 1.84. The van der Waals surface area contributed by atoms with Gasteiger partial charge in [-0.25, -0.2) is 0 Å². The minimum absolute atomic E-state index is 0.0407. The minimum Gasteiger partial charge on any atom is -0.390 e. The predicted molar refractivity (Wildman–Crippen MR) is 87.9 cm³/mol. The Kier molecular flexibility index (Phi) is 4.38. The summed E-state index contributed by atoms with van der Waals surface area (Å²) in [5.41, 5.74) is -0.115. The number of nitrogens with one attached hydrogen (secondary N) is 1. The first-order valence-electron chi connectivity index (χ1n) is 8.57. The van der Waals surface area contributed by atoms with Gasteiger partial charge >= 0.3 is 0 Å². The molecule has 2 atom stereocenters. The molecule has 0 aromatic carbocycles. The normalized spacial score (nSPS) is 25.0. The number of aliphatic hydroxyl groups is 1. The fraction of sp³-hybridized carbons (Fsp3) is 0.706. The van der Waals surface area contributed by atoms with Crippen LogP contribution in [0, 0.1) is 0 Å². The lowest BCUT2D eigenvalue weighted by Gasteiger charge is -2.42. The molecule has 132 valence electrons. The largest absolute Gasteiger partial charge is 0.390 e. The first-order valence-corrected chi connectivity index (χ1v) is 8.57. The molecule has 7 heteroatoms. The van der Waals surface area contributed by atoms with E-state index in [0.717, 1.165) is 18.5 Å². The summed E-state index contributed by atoms with van der Waals surface area (Å²) >= 11 is 0. The van der Waals surface area contributed by atoms with E-state index in [1.807, 2.05) is 18.0 Å². The first-order chi connectivity index (χ1) is 11.3. The van der Waals surface area contributed by atoms with Gasteiger partial charge in [-0.2, -0.15) is 5.10 Å². The second kappa shape index (κ2) is 6.20. The van der Waals surface area contributed by atoms with Crippen molar-refractivity contribution < 1.29 is 14.7 Å². The molecule has 7 nitrogen and oxygen atoms in total. The quantitative estimate of drug-likeness (QED) is 0.837. The van der Waals surface area contributed by atoms with Crippen LogP contribution in [0.2, 0.25) is 0 Å². The van der Waals surface area contributed by atoms with Crippen LogP contribution in [-0.4, -0.2) is 49.3 Å². The average molecular weight is 334 g/mol. The Bertz CT molecular complexity index is 630. The fourth-order valence-electron chi connectivity index (χ4n) is 3.52. The Hall–Kier alpha value is -1.89. The van der Waals surface area contributed by atoms with E-state index >= 15 is 0 Å². The van der Waals surface area contributed by atoms with E-state index in [4.69, 9.17) is 0 Å². The van der Waals surface area contributed by atoms with Gasteiger partial charge in [0.1, 0.15) is 0 Å². The summed E-state index contributed by atoms with van der Waals surface area (Å²) in [5.74, 6) is -0.0403. The molecule has 3 rings (SSSR count). The number of rotatable bonds is 5. The Morgan fingerprint density at radius 3 is 2.67 bits per heavy atom. The summed E-state index contributed by atoms with van der Waals surface area (Å²) in [6.45, 7) is 3.23. The Morgan fingerprint density at radius 2 is 2.12 bits per heavy atom. The molecule has 1 aliphatic carbocycles. The van der Waals surface area contributed by atoms with Gasteiger partial charge in [0, 0.05) is 25.7 Å². The zero-order valence-electron chi connectivity index (χ0n) is 14.5. The lowest BCUT2D eigenvalue weighted by Crippen LogP contribution is -2.54. The molecule has 0 radical (unpaired) electrons. The molecule has 1 aromatic heterocycles. The van der Waals surface area contributed by atoms with Gasteiger partial charge in [-0.3, -0.25) is 14.3 Å².